The van der Waals surface area contributed by atoms with Crippen LogP contribution >= 0.6 is 11.3 Å². The number of aliphatic hydroxyl groups excluding tert-OH is 1. The van der Waals surface area contributed by atoms with E-state index in [0.29, 0.717) is 6.54 Å². The maximum absolute atomic E-state index is 12.2. The maximum atomic E-state index is 12.2. The number of anilines is 1. The normalized spacial score (nSPS) is 18.9. The molecule has 1 N–H and O–H groups in total. The van der Waals surface area contributed by atoms with E-state index in [1.165, 1.54) is 11.3 Å². The van der Waals surface area contributed by atoms with E-state index in [-0.39, 0.29) is 17.9 Å². The number of aromatic nitrogens is 1. The van der Waals surface area contributed by atoms with Gasteiger partial charge in [-0.2, -0.15) is 0 Å². The van der Waals surface area contributed by atoms with E-state index in [9.17, 15) is 9.90 Å². The number of rotatable bonds is 5. The van der Waals surface area contributed by atoms with Crippen LogP contribution in [0.15, 0.2) is 11.6 Å². The van der Waals surface area contributed by atoms with Gasteiger partial charge in [0.05, 0.1) is 6.54 Å². The van der Waals surface area contributed by atoms with E-state index in [1.807, 2.05) is 5.38 Å². The molecule has 0 atom stereocenters. The number of carbonyl (C=O) groups is 1. The number of hydrogen-bond donors (Lipinski definition) is 1. The molecule has 0 aliphatic carbocycles. The monoisotopic (exact) mass is 297 g/mol. The third-order valence-electron chi connectivity index (χ3n) is 4.44. The van der Waals surface area contributed by atoms with Gasteiger partial charge in [0.25, 0.3) is 0 Å². The molecule has 20 heavy (non-hydrogen) atoms. The Morgan fingerprint density at radius 2 is 2.25 bits per heavy atom. The average molecular weight is 297 g/mol. The zero-order chi connectivity index (χ0) is 14.6. The molecule has 0 unspecified atom stereocenters. The molecule has 1 aromatic heterocycles. The fourth-order valence-electron chi connectivity index (χ4n) is 2.59. The molecule has 1 aliphatic heterocycles. The van der Waals surface area contributed by atoms with Crippen molar-refractivity contribution in [2.24, 2.45) is 5.41 Å². The zero-order valence-corrected chi connectivity index (χ0v) is 13.0. The summed E-state index contributed by atoms with van der Waals surface area (Å²) in [6, 6.07) is 0. The molecule has 6 heteroatoms. The van der Waals surface area contributed by atoms with Crippen LogP contribution in [0.5, 0.6) is 0 Å². The summed E-state index contributed by atoms with van der Waals surface area (Å²) in [6.45, 7) is 4.58. The number of nitrogens with zero attached hydrogens (tertiary/aromatic N) is 3. The van der Waals surface area contributed by atoms with Gasteiger partial charge < -0.3 is 5.11 Å². The lowest BCUT2D eigenvalue weighted by atomic mass is 9.77. The summed E-state index contributed by atoms with van der Waals surface area (Å²) in [5.41, 5.74) is 0.0702. The van der Waals surface area contributed by atoms with Crippen LogP contribution in [0.4, 0.5) is 5.13 Å². The second-order valence-electron chi connectivity index (χ2n) is 5.56. The lowest BCUT2D eigenvalue weighted by Gasteiger charge is -2.40. The van der Waals surface area contributed by atoms with E-state index in [1.54, 1.807) is 18.1 Å². The highest BCUT2D eigenvalue weighted by atomic mass is 32.1. The summed E-state index contributed by atoms with van der Waals surface area (Å²) in [7, 11) is 1.77. The van der Waals surface area contributed by atoms with Gasteiger partial charge >= 0.3 is 0 Å². The van der Waals surface area contributed by atoms with Gasteiger partial charge in [0.2, 0.25) is 5.91 Å². The molecule has 0 saturated carbocycles. The minimum Gasteiger partial charge on any atom is -0.396 e. The average Bonchev–Trinajstić information content (AvgIpc) is 3.01. The van der Waals surface area contributed by atoms with E-state index in [0.717, 1.165) is 37.5 Å². The molecule has 1 saturated heterocycles. The molecule has 1 amide bonds. The van der Waals surface area contributed by atoms with Crippen LogP contribution in [0.2, 0.25) is 0 Å². The number of amides is 1. The third kappa shape index (κ3) is 3.37. The Labute approximate surface area is 124 Å². The molecular formula is C14H23N3O2S. The van der Waals surface area contributed by atoms with Crippen molar-refractivity contribution in [3.8, 4) is 0 Å². The molecule has 2 rings (SSSR count). The van der Waals surface area contributed by atoms with Gasteiger partial charge in [-0.1, -0.05) is 6.92 Å². The fourth-order valence-corrected chi connectivity index (χ4v) is 3.22. The van der Waals surface area contributed by atoms with Crippen LogP contribution in [0.25, 0.3) is 0 Å². The minimum absolute atomic E-state index is 0.0702. The Balaban J connectivity index is 1.85. The molecule has 2 heterocycles. The molecule has 1 aromatic rings. The van der Waals surface area contributed by atoms with Gasteiger partial charge in [0, 0.05) is 25.2 Å². The molecule has 112 valence electrons. The fraction of sp³-hybridized carbons (Fsp3) is 0.714. The van der Waals surface area contributed by atoms with Crippen molar-refractivity contribution >= 4 is 22.4 Å². The molecule has 1 fully saturated rings. The van der Waals surface area contributed by atoms with Crippen molar-refractivity contribution in [1.82, 2.24) is 9.88 Å². The van der Waals surface area contributed by atoms with Crippen molar-refractivity contribution in [3.05, 3.63) is 11.6 Å². The quantitative estimate of drug-likeness (QED) is 0.897. The van der Waals surface area contributed by atoms with Crippen LogP contribution in [0.3, 0.4) is 0 Å². The molecule has 5 nitrogen and oxygen atoms in total. The Bertz CT molecular complexity index is 422. The third-order valence-corrected chi connectivity index (χ3v) is 5.29. The van der Waals surface area contributed by atoms with Gasteiger partial charge in [-0.3, -0.25) is 14.6 Å². The first-order valence-corrected chi connectivity index (χ1v) is 7.97. The minimum atomic E-state index is 0.0702. The predicted octanol–water partition coefficient (Wildman–Crippen LogP) is 1.59. The van der Waals surface area contributed by atoms with Crippen molar-refractivity contribution in [2.75, 3.05) is 38.2 Å². The summed E-state index contributed by atoms with van der Waals surface area (Å²) >= 11 is 1.47. The molecular weight excluding hydrogens is 274 g/mol. The first kappa shape index (κ1) is 15.4. The first-order chi connectivity index (χ1) is 9.60. The van der Waals surface area contributed by atoms with Crippen molar-refractivity contribution in [1.29, 1.82) is 0 Å². The van der Waals surface area contributed by atoms with Gasteiger partial charge in [-0.25, -0.2) is 4.98 Å². The van der Waals surface area contributed by atoms with Crippen molar-refractivity contribution < 1.29 is 9.90 Å². The number of likely N-dealkylation sites (tertiary alicyclic amines) is 1. The van der Waals surface area contributed by atoms with Crippen molar-refractivity contribution in [2.45, 2.75) is 26.2 Å². The summed E-state index contributed by atoms with van der Waals surface area (Å²) in [5.74, 6) is 0.0768. The Morgan fingerprint density at radius 1 is 1.55 bits per heavy atom. The summed E-state index contributed by atoms with van der Waals surface area (Å²) in [5, 5.41) is 12.1. The Hall–Kier alpha value is -0.980. The molecule has 0 bridgehead atoms. The van der Waals surface area contributed by atoms with E-state index >= 15 is 0 Å². The lowest BCUT2D eigenvalue weighted by molar-refractivity contribution is -0.120. The predicted molar refractivity (Wildman–Crippen MR) is 81.0 cm³/mol. The number of aliphatic hydroxyl groups is 1. The van der Waals surface area contributed by atoms with E-state index in [4.69, 9.17) is 0 Å². The van der Waals surface area contributed by atoms with Gasteiger partial charge in [0.1, 0.15) is 0 Å². The van der Waals surface area contributed by atoms with Crippen molar-refractivity contribution in [3.63, 3.8) is 0 Å². The number of thiazole rings is 1. The number of carbonyl (C=O) groups excluding carboxylic acids is 1. The largest absolute Gasteiger partial charge is 0.396 e. The van der Waals surface area contributed by atoms with Crippen LogP contribution in [-0.2, 0) is 4.79 Å². The van der Waals surface area contributed by atoms with Gasteiger partial charge in [-0.05, 0) is 37.8 Å². The highest BCUT2D eigenvalue weighted by Crippen LogP contribution is 2.34. The zero-order valence-electron chi connectivity index (χ0n) is 12.2. The highest BCUT2D eigenvalue weighted by Gasteiger charge is 2.33. The van der Waals surface area contributed by atoms with E-state index < -0.39 is 0 Å². The van der Waals surface area contributed by atoms with Gasteiger partial charge in [0.15, 0.2) is 5.13 Å². The SMILES string of the molecule is CCC1(CO)CCN(CC(=O)N(C)c2nccs2)CC1. The summed E-state index contributed by atoms with van der Waals surface area (Å²) < 4.78 is 0. The molecule has 0 spiro atoms. The van der Waals surface area contributed by atoms with Crippen LogP contribution < -0.4 is 4.90 Å². The maximum Gasteiger partial charge on any atom is 0.242 e. The first-order valence-electron chi connectivity index (χ1n) is 7.09. The number of hydrogen-bond acceptors (Lipinski definition) is 5. The topological polar surface area (TPSA) is 56.7 Å². The molecule has 0 aromatic carbocycles. The summed E-state index contributed by atoms with van der Waals surface area (Å²) in [4.78, 5) is 20.2. The Kier molecular flexibility index (Phi) is 5.12. The highest BCUT2D eigenvalue weighted by molar-refractivity contribution is 7.13. The molecule has 0 radical (unpaired) electrons. The van der Waals surface area contributed by atoms with Crippen LogP contribution in [0, 0.1) is 5.41 Å². The second-order valence-corrected chi connectivity index (χ2v) is 6.43. The van der Waals surface area contributed by atoms with E-state index in [2.05, 4.69) is 16.8 Å². The molecule has 1 aliphatic rings. The standard InChI is InChI=1S/C14H23N3O2S/c1-3-14(11-18)4-7-17(8-5-14)10-12(19)16(2)13-15-6-9-20-13/h6,9,18H,3-5,7-8,10-11H2,1-2H3. The van der Waals surface area contributed by atoms with Gasteiger partial charge in [-0.15, -0.1) is 11.3 Å². The smallest absolute Gasteiger partial charge is 0.242 e. The number of piperidine rings is 1. The second kappa shape index (κ2) is 6.65. The van der Waals surface area contributed by atoms with Crippen LogP contribution in [0.1, 0.15) is 26.2 Å². The van der Waals surface area contributed by atoms with Crippen LogP contribution in [-0.4, -0.2) is 54.2 Å². The number of likely N-dealkylation sites (N-methyl/N-ethyl adjacent to an activating group) is 1. The Morgan fingerprint density at radius 3 is 2.75 bits per heavy atom. The lowest BCUT2D eigenvalue weighted by Crippen LogP contribution is -2.46. The summed E-state index contributed by atoms with van der Waals surface area (Å²) in [6.07, 6.45) is 4.65.